The summed E-state index contributed by atoms with van der Waals surface area (Å²) >= 11 is 0. The lowest BCUT2D eigenvalue weighted by molar-refractivity contribution is -0.132. The van der Waals surface area contributed by atoms with Crippen molar-refractivity contribution >= 4 is 34.4 Å². The van der Waals surface area contributed by atoms with E-state index in [1.54, 1.807) is 24.3 Å². The molecule has 1 saturated heterocycles. The van der Waals surface area contributed by atoms with Crippen LogP contribution in [0, 0.1) is 6.92 Å². The molecular formula is C25H21N3O6. The molecule has 2 N–H and O–H groups in total. The number of ether oxygens (including phenoxy) is 2. The number of rotatable bonds is 5. The minimum absolute atomic E-state index is 0.121. The fraction of sp³-hybridized carbons (Fsp3) is 0.160. The highest BCUT2D eigenvalue weighted by Gasteiger charge is 2.49. The molecule has 1 atom stereocenters. The number of nitrogens with one attached hydrogen (secondary N) is 1. The average Bonchev–Trinajstić information content (AvgIpc) is 3.56. The lowest BCUT2D eigenvalue weighted by atomic mass is 9.99. The second kappa shape index (κ2) is 8.11. The predicted molar refractivity (Wildman–Crippen MR) is 124 cm³/mol. The summed E-state index contributed by atoms with van der Waals surface area (Å²) in [6, 6.07) is 12.6. The SMILES string of the molecule is COc1ccc(/C(O)=C2\C(=O)C(=O)N(c3nc4ccc(C)cc4[nH]3)C2c2ccco2)cc1OC. The summed E-state index contributed by atoms with van der Waals surface area (Å²) in [7, 11) is 2.96. The van der Waals surface area contributed by atoms with Crippen LogP contribution in [0.5, 0.6) is 11.5 Å². The van der Waals surface area contributed by atoms with Crippen LogP contribution in [0.25, 0.3) is 16.8 Å². The van der Waals surface area contributed by atoms with Crippen LogP contribution in [0.4, 0.5) is 5.95 Å². The molecule has 0 radical (unpaired) electrons. The van der Waals surface area contributed by atoms with Gasteiger partial charge in [0.05, 0.1) is 37.1 Å². The number of fused-ring (bicyclic) bond motifs is 1. The van der Waals surface area contributed by atoms with Gasteiger partial charge in [0.15, 0.2) is 11.5 Å². The first-order valence-corrected chi connectivity index (χ1v) is 10.5. The van der Waals surface area contributed by atoms with Crippen molar-refractivity contribution in [3.8, 4) is 11.5 Å². The Bertz CT molecular complexity index is 1450. The summed E-state index contributed by atoms with van der Waals surface area (Å²) in [5.41, 5.74) is 2.53. The van der Waals surface area contributed by atoms with E-state index < -0.39 is 17.7 Å². The zero-order valence-electron chi connectivity index (χ0n) is 18.7. The van der Waals surface area contributed by atoms with E-state index in [1.165, 1.54) is 31.4 Å². The van der Waals surface area contributed by atoms with Gasteiger partial charge in [-0.25, -0.2) is 4.98 Å². The third kappa shape index (κ3) is 3.29. The Morgan fingerprint density at radius 2 is 1.88 bits per heavy atom. The number of aromatic amines is 1. The molecule has 2 aromatic heterocycles. The molecule has 1 unspecified atom stereocenters. The lowest BCUT2D eigenvalue weighted by Gasteiger charge is -2.20. The van der Waals surface area contributed by atoms with E-state index in [4.69, 9.17) is 13.9 Å². The van der Waals surface area contributed by atoms with E-state index in [1.807, 2.05) is 25.1 Å². The third-order valence-electron chi connectivity index (χ3n) is 5.77. The fourth-order valence-corrected chi connectivity index (χ4v) is 4.13. The number of imidazole rings is 1. The number of aliphatic hydroxyl groups is 1. The summed E-state index contributed by atoms with van der Waals surface area (Å²) < 4.78 is 16.1. The molecular weight excluding hydrogens is 438 g/mol. The van der Waals surface area contributed by atoms with Crippen molar-refractivity contribution in [3.05, 3.63) is 77.3 Å². The lowest BCUT2D eigenvalue weighted by Crippen LogP contribution is -2.30. The van der Waals surface area contributed by atoms with E-state index in [2.05, 4.69) is 9.97 Å². The van der Waals surface area contributed by atoms with Crippen molar-refractivity contribution in [2.24, 2.45) is 0 Å². The molecule has 9 heteroatoms. The van der Waals surface area contributed by atoms with Gasteiger partial charge in [-0.15, -0.1) is 0 Å². The first kappa shape index (κ1) is 21.3. The largest absolute Gasteiger partial charge is 0.507 e. The number of hydrogen-bond acceptors (Lipinski definition) is 7. The van der Waals surface area contributed by atoms with Gasteiger partial charge in [-0.1, -0.05) is 6.07 Å². The molecule has 0 spiro atoms. The van der Waals surface area contributed by atoms with Gasteiger partial charge in [0.2, 0.25) is 5.95 Å². The number of methoxy groups -OCH3 is 2. The van der Waals surface area contributed by atoms with Gasteiger partial charge in [0.1, 0.15) is 17.6 Å². The first-order valence-electron chi connectivity index (χ1n) is 10.5. The second-order valence-electron chi connectivity index (χ2n) is 7.84. The van der Waals surface area contributed by atoms with Gasteiger partial charge in [-0.3, -0.25) is 14.5 Å². The maximum Gasteiger partial charge on any atom is 0.302 e. The Morgan fingerprint density at radius 3 is 2.59 bits per heavy atom. The molecule has 34 heavy (non-hydrogen) atoms. The molecule has 172 valence electrons. The van der Waals surface area contributed by atoms with Crippen LogP contribution in [-0.2, 0) is 9.59 Å². The van der Waals surface area contributed by atoms with Crippen molar-refractivity contribution in [1.29, 1.82) is 0 Å². The van der Waals surface area contributed by atoms with E-state index in [-0.39, 0.29) is 22.8 Å². The Hall–Kier alpha value is -4.53. The molecule has 0 saturated carbocycles. The Morgan fingerprint density at radius 1 is 1.09 bits per heavy atom. The van der Waals surface area contributed by atoms with Crippen LogP contribution >= 0.6 is 0 Å². The number of furan rings is 1. The van der Waals surface area contributed by atoms with Gasteiger partial charge in [-0.2, -0.15) is 0 Å². The highest BCUT2D eigenvalue weighted by molar-refractivity contribution is 6.51. The number of carbonyl (C=O) groups is 2. The summed E-state index contributed by atoms with van der Waals surface area (Å²) in [6.45, 7) is 1.94. The van der Waals surface area contributed by atoms with Gasteiger partial charge in [-0.05, 0) is 55.0 Å². The van der Waals surface area contributed by atoms with Crippen LogP contribution in [-0.4, -0.2) is 41.0 Å². The number of ketones is 1. The number of aliphatic hydroxyl groups excluding tert-OH is 1. The van der Waals surface area contributed by atoms with Gasteiger partial charge in [0, 0.05) is 5.56 Å². The normalized spacial score (nSPS) is 17.5. The van der Waals surface area contributed by atoms with Gasteiger partial charge in [0.25, 0.3) is 5.78 Å². The summed E-state index contributed by atoms with van der Waals surface area (Å²) in [5.74, 6) is -0.754. The van der Waals surface area contributed by atoms with Crippen molar-refractivity contribution in [1.82, 2.24) is 9.97 Å². The van der Waals surface area contributed by atoms with Crippen molar-refractivity contribution < 1.29 is 28.6 Å². The molecule has 9 nitrogen and oxygen atoms in total. The summed E-state index contributed by atoms with van der Waals surface area (Å²) in [5, 5.41) is 11.2. The first-order chi connectivity index (χ1) is 16.4. The number of anilines is 1. The van der Waals surface area contributed by atoms with Gasteiger partial charge < -0.3 is 24.0 Å². The van der Waals surface area contributed by atoms with Crippen LogP contribution < -0.4 is 14.4 Å². The number of nitrogens with zero attached hydrogens (tertiary/aromatic N) is 2. The Labute approximate surface area is 194 Å². The Kier molecular flexibility index (Phi) is 5.09. The maximum absolute atomic E-state index is 13.2. The van der Waals surface area contributed by atoms with E-state index in [0.29, 0.717) is 22.8 Å². The third-order valence-corrected chi connectivity index (χ3v) is 5.77. The number of benzene rings is 2. The van der Waals surface area contributed by atoms with Crippen LogP contribution in [0.1, 0.15) is 22.9 Å². The number of Topliss-reactive ketones (excluding diaryl/α,β-unsaturated/α-hetero) is 1. The quantitative estimate of drug-likeness (QED) is 0.262. The molecule has 4 aromatic rings. The second-order valence-corrected chi connectivity index (χ2v) is 7.84. The van der Waals surface area contributed by atoms with Crippen molar-refractivity contribution in [3.63, 3.8) is 0 Å². The zero-order valence-corrected chi connectivity index (χ0v) is 18.7. The predicted octanol–water partition coefficient (Wildman–Crippen LogP) is 4.11. The number of carbonyl (C=O) groups excluding carboxylic acids is 2. The molecule has 2 aromatic carbocycles. The number of amides is 1. The molecule has 1 fully saturated rings. The van der Waals surface area contributed by atoms with Crippen LogP contribution in [0.15, 0.2) is 64.8 Å². The summed E-state index contributed by atoms with van der Waals surface area (Å²) in [4.78, 5) is 35.3. The molecule has 5 rings (SSSR count). The number of H-pyrrole nitrogens is 1. The molecule has 1 aliphatic heterocycles. The van der Waals surface area contributed by atoms with Crippen molar-refractivity contribution in [2.75, 3.05) is 19.1 Å². The average molecular weight is 459 g/mol. The standard InChI is InChI=1S/C25H21N3O6/c1-13-6-8-15-16(11-13)27-25(26-15)28-21(18-5-4-10-34-18)20(23(30)24(28)31)22(29)14-7-9-17(32-2)19(12-14)33-3/h4-12,21,29H,1-3H3,(H,26,27)/b22-20+. The van der Waals surface area contributed by atoms with Crippen LogP contribution in [0.3, 0.4) is 0 Å². The molecule has 3 heterocycles. The number of aryl methyl sites for hydroxylation is 1. The zero-order chi connectivity index (χ0) is 24.0. The Balaban J connectivity index is 1.69. The van der Waals surface area contributed by atoms with E-state index in [0.717, 1.165) is 11.1 Å². The van der Waals surface area contributed by atoms with E-state index >= 15 is 0 Å². The fourth-order valence-electron chi connectivity index (χ4n) is 4.13. The topological polar surface area (TPSA) is 118 Å². The highest BCUT2D eigenvalue weighted by atomic mass is 16.5. The molecule has 0 bridgehead atoms. The molecule has 1 aliphatic rings. The minimum Gasteiger partial charge on any atom is -0.507 e. The van der Waals surface area contributed by atoms with E-state index in [9.17, 15) is 14.7 Å². The monoisotopic (exact) mass is 459 g/mol. The molecule has 0 aliphatic carbocycles. The summed E-state index contributed by atoms with van der Waals surface area (Å²) in [6.07, 6.45) is 1.44. The van der Waals surface area contributed by atoms with Crippen molar-refractivity contribution in [2.45, 2.75) is 13.0 Å². The number of hydrogen-bond donors (Lipinski definition) is 2. The maximum atomic E-state index is 13.2. The van der Waals surface area contributed by atoms with Gasteiger partial charge >= 0.3 is 5.91 Å². The van der Waals surface area contributed by atoms with Crippen LogP contribution in [0.2, 0.25) is 0 Å². The number of aromatic nitrogens is 2. The highest BCUT2D eigenvalue weighted by Crippen LogP contribution is 2.42. The smallest absolute Gasteiger partial charge is 0.302 e. The molecule has 1 amide bonds. The minimum atomic E-state index is -1.02.